The smallest absolute Gasteiger partial charge is 0.153 e. The third-order valence-corrected chi connectivity index (χ3v) is 2.54. The summed E-state index contributed by atoms with van der Waals surface area (Å²) in [5, 5.41) is 0. The fraction of sp³-hybridized carbons (Fsp3) is 0.154. The van der Waals surface area contributed by atoms with Crippen molar-refractivity contribution in [3.63, 3.8) is 0 Å². The number of hydrogen-bond acceptors (Lipinski definition) is 2. The summed E-state index contributed by atoms with van der Waals surface area (Å²) >= 11 is 0. The monoisotopic (exact) mass is 218 g/mol. The van der Waals surface area contributed by atoms with Crippen LogP contribution in [0.4, 0.5) is 4.39 Å². The summed E-state index contributed by atoms with van der Waals surface area (Å²) in [6, 6.07) is 6.13. The first-order chi connectivity index (χ1) is 7.61. The van der Waals surface area contributed by atoms with Crippen molar-refractivity contribution in [1.29, 1.82) is 0 Å². The van der Waals surface area contributed by atoms with Crippen LogP contribution in [-0.4, -0.2) is 6.29 Å². The van der Waals surface area contributed by atoms with Crippen LogP contribution in [-0.2, 0) is 0 Å². The first-order valence-corrected chi connectivity index (χ1v) is 4.94. The Morgan fingerprint density at radius 3 is 2.56 bits per heavy atom. The zero-order chi connectivity index (χ0) is 11.7. The van der Waals surface area contributed by atoms with Crippen molar-refractivity contribution in [2.24, 2.45) is 0 Å². The van der Waals surface area contributed by atoms with Crippen LogP contribution in [0.1, 0.15) is 21.7 Å². The lowest BCUT2D eigenvalue weighted by Crippen LogP contribution is -1.83. The first-order valence-electron chi connectivity index (χ1n) is 4.94. The Labute approximate surface area is 92.7 Å². The van der Waals surface area contributed by atoms with Gasteiger partial charge in [-0.1, -0.05) is 0 Å². The number of benzene rings is 1. The predicted octanol–water partition coefficient (Wildman–Crippen LogP) is 3.52. The van der Waals surface area contributed by atoms with Crippen LogP contribution in [0.25, 0.3) is 11.3 Å². The highest BCUT2D eigenvalue weighted by molar-refractivity contribution is 5.79. The molecule has 0 unspecified atom stereocenters. The van der Waals surface area contributed by atoms with Gasteiger partial charge in [0.25, 0.3) is 0 Å². The molecule has 0 spiro atoms. The van der Waals surface area contributed by atoms with Gasteiger partial charge < -0.3 is 4.42 Å². The van der Waals surface area contributed by atoms with E-state index in [1.165, 1.54) is 12.1 Å². The van der Waals surface area contributed by atoms with Gasteiger partial charge in [-0.15, -0.1) is 0 Å². The van der Waals surface area contributed by atoms with Crippen molar-refractivity contribution < 1.29 is 13.6 Å². The van der Waals surface area contributed by atoms with E-state index in [0.717, 1.165) is 17.4 Å². The number of rotatable bonds is 2. The van der Waals surface area contributed by atoms with Gasteiger partial charge in [0.2, 0.25) is 0 Å². The average molecular weight is 218 g/mol. The Morgan fingerprint density at radius 2 is 2.00 bits per heavy atom. The zero-order valence-electron chi connectivity index (χ0n) is 9.08. The fourth-order valence-corrected chi connectivity index (χ4v) is 1.65. The van der Waals surface area contributed by atoms with Crippen molar-refractivity contribution in [2.45, 2.75) is 13.8 Å². The Bertz CT molecular complexity index is 541. The SMILES string of the molecule is Cc1cc(F)ccc1-c1cc(C=O)c(C)o1. The number of halogens is 1. The highest BCUT2D eigenvalue weighted by Gasteiger charge is 2.10. The molecule has 3 heteroatoms. The van der Waals surface area contributed by atoms with E-state index in [-0.39, 0.29) is 5.82 Å². The van der Waals surface area contributed by atoms with Crippen LogP contribution in [0.5, 0.6) is 0 Å². The molecule has 0 N–H and O–H groups in total. The fourth-order valence-electron chi connectivity index (χ4n) is 1.65. The highest BCUT2D eigenvalue weighted by atomic mass is 19.1. The van der Waals surface area contributed by atoms with E-state index >= 15 is 0 Å². The molecular formula is C13H11FO2. The number of carbonyl (C=O) groups excluding carboxylic acids is 1. The van der Waals surface area contributed by atoms with Crippen molar-refractivity contribution in [2.75, 3.05) is 0 Å². The average Bonchev–Trinajstić information content (AvgIpc) is 2.59. The Morgan fingerprint density at radius 1 is 1.25 bits per heavy atom. The third-order valence-electron chi connectivity index (χ3n) is 2.54. The molecule has 2 rings (SSSR count). The van der Waals surface area contributed by atoms with Crippen LogP contribution in [0.3, 0.4) is 0 Å². The van der Waals surface area contributed by atoms with Gasteiger partial charge in [0.15, 0.2) is 6.29 Å². The molecule has 0 fully saturated rings. The Balaban J connectivity index is 2.54. The molecule has 16 heavy (non-hydrogen) atoms. The van der Waals surface area contributed by atoms with E-state index < -0.39 is 0 Å². The molecule has 2 aromatic rings. The summed E-state index contributed by atoms with van der Waals surface area (Å²) in [6.45, 7) is 3.53. The minimum absolute atomic E-state index is 0.278. The Kier molecular flexibility index (Phi) is 2.60. The van der Waals surface area contributed by atoms with Crippen LogP contribution in [0.15, 0.2) is 28.7 Å². The molecule has 0 aliphatic rings. The van der Waals surface area contributed by atoms with Crippen LogP contribution >= 0.6 is 0 Å². The molecule has 0 aliphatic heterocycles. The molecule has 2 nitrogen and oxygen atoms in total. The Hall–Kier alpha value is -1.90. The van der Waals surface area contributed by atoms with E-state index in [0.29, 0.717) is 17.1 Å². The lowest BCUT2D eigenvalue weighted by molar-refractivity contribution is 0.112. The molecule has 0 saturated carbocycles. The minimum Gasteiger partial charge on any atom is -0.461 e. The molecule has 0 aliphatic carbocycles. The number of aldehydes is 1. The highest BCUT2D eigenvalue weighted by Crippen LogP contribution is 2.27. The second-order valence-corrected chi connectivity index (χ2v) is 3.70. The van der Waals surface area contributed by atoms with Gasteiger partial charge in [0, 0.05) is 5.56 Å². The van der Waals surface area contributed by atoms with Gasteiger partial charge in [-0.3, -0.25) is 4.79 Å². The van der Waals surface area contributed by atoms with Gasteiger partial charge in [-0.2, -0.15) is 0 Å². The summed E-state index contributed by atoms with van der Waals surface area (Å²) in [6.07, 6.45) is 0.751. The second kappa shape index (κ2) is 3.93. The van der Waals surface area contributed by atoms with Crippen LogP contribution in [0, 0.1) is 19.7 Å². The topological polar surface area (TPSA) is 30.2 Å². The summed E-state index contributed by atoms with van der Waals surface area (Å²) < 4.78 is 18.4. The molecule has 0 amide bonds. The molecule has 1 aromatic heterocycles. The second-order valence-electron chi connectivity index (χ2n) is 3.70. The lowest BCUT2D eigenvalue weighted by atomic mass is 10.1. The van der Waals surface area contributed by atoms with E-state index in [1.807, 2.05) is 0 Å². The largest absolute Gasteiger partial charge is 0.461 e. The number of carbonyl (C=O) groups is 1. The molecule has 0 saturated heterocycles. The maximum atomic E-state index is 12.9. The van der Waals surface area contributed by atoms with Crippen LogP contribution < -0.4 is 0 Å². The predicted molar refractivity (Wildman–Crippen MR) is 59.0 cm³/mol. The third kappa shape index (κ3) is 1.76. The molecule has 1 heterocycles. The quantitative estimate of drug-likeness (QED) is 0.722. The molecule has 0 radical (unpaired) electrons. The van der Waals surface area contributed by atoms with Gasteiger partial charge in [-0.25, -0.2) is 4.39 Å². The van der Waals surface area contributed by atoms with E-state index in [1.54, 1.807) is 26.0 Å². The van der Waals surface area contributed by atoms with E-state index in [4.69, 9.17) is 4.42 Å². The molecule has 1 aromatic carbocycles. The lowest BCUT2D eigenvalue weighted by Gasteiger charge is -2.01. The van der Waals surface area contributed by atoms with Crippen molar-refractivity contribution in [1.82, 2.24) is 0 Å². The van der Waals surface area contributed by atoms with E-state index in [9.17, 15) is 9.18 Å². The molecule has 82 valence electrons. The summed E-state index contributed by atoms with van der Waals surface area (Å²) in [7, 11) is 0. The number of aryl methyl sites for hydroxylation is 2. The zero-order valence-corrected chi connectivity index (χ0v) is 9.08. The van der Waals surface area contributed by atoms with Crippen molar-refractivity contribution in [3.05, 3.63) is 47.0 Å². The molecule has 0 bridgehead atoms. The maximum absolute atomic E-state index is 12.9. The van der Waals surface area contributed by atoms with Gasteiger partial charge in [0.05, 0.1) is 5.56 Å². The van der Waals surface area contributed by atoms with E-state index in [2.05, 4.69) is 0 Å². The van der Waals surface area contributed by atoms with Gasteiger partial charge in [0.1, 0.15) is 17.3 Å². The number of furan rings is 1. The maximum Gasteiger partial charge on any atom is 0.153 e. The first kappa shape index (κ1) is 10.6. The number of hydrogen-bond donors (Lipinski definition) is 0. The molecule has 0 atom stereocenters. The minimum atomic E-state index is -0.278. The normalized spacial score (nSPS) is 10.4. The summed E-state index contributed by atoms with van der Waals surface area (Å²) in [5.74, 6) is 0.894. The molecular weight excluding hydrogens is 207 g/mol. The van der Waals surface area contributed by atoms with Crippen molar-refractivity contribution in [3.8, 4) is 11.3 Å². The summed E-state index contributed by atoms with van der Waals surface area (Å²) in [4.78, 5) is 10.7. The standard InChI is InChI=1S/C13H11FO2/c1-8-5-11(14)3-4-12(8)13-6-10(7-15)9(2)16-13/h3-7H,1-2H3. The van der Waals surface area contributed by atoms with Crippen molar-refractivity contribution >= 4 is 6.29 Å². The van der Waals surface area contributed by atoms with Gasteiger partial charge in [-0.05, 0) is 43.7 Å². The van der Waals surface area contributed by atoms with Crippen LogP contribution in [0.2, 0.25) is 0 Å². The summed E-state index contributed by atoms with van der Waals surface area (Å²) in [5.41, 5.74) is 2.11. The van der Waals surface area contributed by atoms with Gasteiger partial charge >= 0.3 is 0 Å².